The quantitative estimate of drug-likeness (QED) is 0.673. The van der Waals surface area contributed by atoms with Crippen LogP contribution in [0.3, 0.4) is 0 Å². The maximum absolute atomic E-state index is 6.52. The number of alkyl halides is 1. The standard InChI is InChI=1S/C15H22ClN/c1-14(2)13(16)10-11-17(15(14,3)4)12-8-6-5-7-9-12/h5-9,13H,10-11H2,1-4H3. The zero-order valence-electron chi connectivity index (χ0n) is 11.2. The summed E-state index contributed by atoms with van der Waals surface area (Å²) in [5.74, 6) is 0. The highest BCUT2D eigenvalue weighted by Gasteiger charge is 2.49. The molecule has 1 atom stereocenters. The molecule has 2 rings (SSSR count). The van der Waals surface area contributed by atoms with Gasteiger partial charge in [-0.15, -0.1) is 11.6 Å². The SMILES string of the molecule is CC1(C)C(Cl)CCN(c2ccccc2)C1(C)C. The fourth-order valence-corrected chi connectivity index (χ4v) is 3.04. The topological polar surface area (TPSA) is 3.24 Å². The van der Waals surface area contributed by atoms with Gasteiger partial charge in [0.25, 0.3) is 0 Å². The van der Waals surface area contributed by atoms with Crippen molar-refractivity contribution in [3.8, 4) is 0 Å². The van der Waals surface area contributed by atoms with E-state index in [0.717, 1.165) is 13.0 Å². The molecule has 0 bridgehead atoms. The Morgan fingerprint density at radius 1 is 1.12 bits per heavy atom. The number of para-hydroxylation sites is 1. The minimum atomic E-state index is 0.0685. The lowest BCUT2D eigenvalue weighted by Gasteiger charge is -2.56. The largest absolute Gasteiger partial charge is 0.366 e. The maximum Gasteiger partial charge on any atom is 0.0426 e. The Balaban J connectivity index is 2.37. The molecule has 0 amide bonds. The summed E-state index contributed by atoms with van der Waals surface area (Å²) >= 11 is 6.52. The number of hydrogen-bond donors (Lipinski definition) is 0. The number of rotatable bonds is 1. The molecule has 1 aromatic rings. The molecule has 0 spiro atoms. The van der Waals surface area contributed by atoms with E-state index in [4.69, 9.17) is 11.6 Å². The minimum Gasteiger partial charge on any atom is -0.366 e. The molecule has 2 heteroatoms. The molecule has 0 N–H and O–H groups in total. The second kappa shape index (κ2) is 4.20. The highest BCUT2D eigenvalue weighted by Crippen LogP contribution is 2.47. The number of anilines is 1. The third-order valence-corrected chi connectivity index (χ3v) is 5.47. The van der Waals surface area contributed by atoms with Crippen LogP contribution in [0.1, 0.15) is 34.1 Å². The predicted octanol–water partition coefficient (Wildman–Crippen LogP) is 4.31. The lowest BCUT2D eigenvalue weighted by molar-refractivity contribution is 0.145. The monoisotopic (exact) mass is 251 g/mol. The summed E-state index contributed by atoms with van der Waals surface area (Å²) in [5.41, 5.74) is 1.47. The van der Waals surface area contributed by atoms with Gasteiger partial charge in [0.05, 0.1) is 0 Å². The van der Waals surface area contributed by atoms with Crippen LogP contribution in [0.25, 0.3) is 0 Å². The molecule has 1 aliphatic heterocycles. The van der Waals surface area contributed by atoms with E-state index in [1.165, 1.54) is 5.69 Å². The summed E-state index contributed by atoms with van der Waals surface area (Å²) in [6, 6.07) is 10.6. The van der Waals surface area contributed by atoms with Crippen LogP contribution in [0.5, 0.6) is 0 Å². The molecule has 0 aliphatic carbocycles. The summed E-state index contributed by atoms with van der Waals surface area (Å²) in [6.45, 7) is 10.2. The van der Waals surface area contributed by atoms with Gasteiger partial charge in [-0.05, 0) is 32.4 Å². The van der Waals surface area contributed by atoms with Gasteiger partial charge in [0.2, 0.25) is 0 Å². The van der Waals surface area contributed by atoms with E-state index in [0.29, 0.717) is 0 Å². The molecule has 0 radical (unpaired) electrons. The number of halogens is 1. The predicted molar refractivity (Wildman–Crippen MR) is 75.9 cm³/mol. The summed E-state index contributed by atoms with van der Waals surface area (Å²) < 4.78 is 0. The zero-order valence-corrected chi connectivity index (χ0v) is 12.0. The molecular weight excluding hydrogens is 230 g/mol. The van der Waals surface area contributed by atoms with Gasteiger partial charge >= 0.3 is 0 Å². The van der Waals surface area contributed by atoms with E-state index >= 15 is 0 Å². The second-order valence-corrected chi connectivity index (χ2v) is 6.55. The van der Waals surface area contributed by atoms with Gasteiger partial charge < -0.3 is 4.90 Å². The van der Waals surface area contributed by atoms with Crippen molar-refractivity contribution in [1.29, 1.82) is 0 Å². The molecule has 1 fully saturated rings. The summed E-state index contributed by atoms with van der Waals surface area (Å²) in [4.78, 5) is 2.49. The van der Waals surface area contributed by atoms with Crippen molar-refractivity contribution in [2.75, 3.05) is 11.4 Å². The molecule has 1 heterocycles. The van der Waals surface area contributed by atoms with Gasteiger partial charge in [-0.25, -0.2) is 0 Å². The number of nitrogens with zero attached hydrogens (tertiary/aromatic N) is 1. The summed E-state index contributed by atoms with van der Waals surface area (Å²) in [5, 5.41) is 0.248. The highest BCUT2D eigenvalue weighted by molar-refractivity contribution is 6.21. The first-order valence-electron chi connectivity index (χ1n) is 6.34. The Hall–Kier alpha value is -0.690. The molecule has 17 heavy (non-hydrogen) atoms. The van der Waals surface area contributed by atoms with Gasteiger partial charge in [0, 0.05) is 28.6 Å². The molecule has 0 aromatic heterocycles. The molecule has 1 aromatic carbocycles. The van der Waals surface area contributed by atoms with Crippen LogP contribution in [0.4, 0.5) is 5.69 Å². The fraction of sp³-hybridized carbons (Fsp3) is 0.600. The fourth-order valence-electron chi connectivity index (χ4n) is 2.67. The van der Waals surface area contributed by atoms with Crippen LogP contribution >= 0.6 is 11.6 Å². The molecule has 0 saturated carbocycles. The van der Waals surface area contributed by atoms with E-state index in [1.807, 2.05) is 0 Å². The van der Waals surface area contributed by atoms with Crippen LogP contribution in [0.2, 0.25) is 0 Å². The highest BCUT2D eigenvalue weighted by atomic mass is 35.5. The van der Waals surface area contributed by atoms with Gasteiger partial charge in [0.15, 0.2) is 0 Å². The molecular formula is C15H22ClN. The van der Waals surface area contributed by atoms with E-state index < -0.39 is 0 Å². The van der Waals surface area contributed by atoms with Crippen LogP contribution in [0, 0.1) is 5.41 Å². The Bertz CT molecular complexity index is 383. The Morgan fingerprint density at radius 3 is 2.29 bits per heavy atom. The van der Waals surface area contributed by atoms with E-state index in [2.05, 4.69) is 62.9 Å². The normalized spacial score (nSPS) is 26.9. The minimum absolute atomic E-state index is 0.0685. The zero-order chi connectivity index (χ0) is 12.7. The lowest BCUT2D eigenvalue weighted by atomic mass is 9.67. The van der Waals surface area contributed by atoms with Gasteiger partial charge in [-0.3, -0.25) is 0 Å². The van der Waals surface area contributed by atoms with Gasteiger partial charge in [-0.1, -0.05) is 32.0 Å². The molecule has 1 aliphatic rings. The van der Waals surface area contributed by atoms with Crippen molar-refractivity contribution in [2.45, 2.75) is 45.0 Å². The second-order valence-electron chi connectivity index (χ2n) is 6.02. The number of benzene rings is 1. The van der Waals surface area contributed by atoms with Crippen LogP contribution in [-0.4, -0.2) is 17.5 Å². The average molecular weight is 252 g/mol. The maximum atomic E-state index is 6.52. The Labute approximate surface area is 110 Å². The van der Waals surface area contributed by atoms with Crippen LogP contribution < -0.4 is 4.90 Å². The summed E-state index contributed by atoms with van der Waals surface area (Å²) in [6.07, 6.45) is 1.05. The molecule has 1 saturated heterocycles. The van der Waals surface area contributed by atoms with Gasteiger partial charge in [0.1, 0.15) is 0 Å². The average Bonchev–Trinajstić information content (AvgIpc) is 2.28. The van der Waals surface area contributed by atoms with Crippen LogP contribution in [0.15, 0.2) is 30.3 Å². The Kier molecular flexibility index (Phi) is 3.15. The van der Waals surface area contributed by atoms with E-state index in [1.54, 1.807) is 0 Å². The van der Waals surface area contributed by atoms with Crippen molar-refractivity contribution >= 4 is 17.3 Å². The van der Waals surface area contributed by atoms with Crippen molar-refractivity contribution in [3.05, 3.63) is 30.3 Å². The molecule has 94 valence electrons. The first-order valence-corrected chi connectivity index (χ1v) is 6.78. The lowest BCUT2D eigenvalue weighted by Crippen LogP contribution is -2.62. The van der Waals surface area contributed by atoms with Crippen molar-refractivity contribution in [1.82, 2.24) is 0 Å². The van der Waals surface area contributed by atoms with Crippen molar-refractivity contribution in [2.24, 2.45) is 5.41 Å². The third-order valence-electron chi connectivity index (χ3n) is 4.71. The van der Waals surface area contributed by atoms with Crippen molar-refractivity contribution < 1.29 is 0 Å². The smallest absolute Gasteiger partial charge is 0.0426 e. The van der Waals surface area contributed by atoms with Gasteiger partial charge in [-0.2, -0.15) is 0 Å². The Morgan fingerprint density at radius 2 is 1.71 bits per heavy atom. The third kappa shape index (κ3) is 1.95. The van der Waals surface area contributed by atoms with E-state index in [9.17, 15) is 0 Å². The molecule has 1 unspecified atom stereocenters. The summed E-state index contributed by atoms with van der Waals surface area (Å²) in [7, 11) is 0. The first-order chi connectivity index (χ1) is 7.87. The first kappa shape index (κ1) is 12.8. The number of hydrogen-bond acceptors (Lipinski definition) is 1. The molecule has 1 nitrogen and oxygen atoms in total. The van der Waals surface area contributed by atoms with Crippen molar-refractivity contribution in [3.63, 3.8) is 0 Å². The van der Waals surface area contributed by atoms with Crippen LogP contribution in [-0.2, 0) is 0 Å². The van der Waals surface area contributed by atoms with E-state index in [-0.39, 0.29) is 16.3 Å². The number of piperidine rings is 1.